The highest BCUT2D eigenvalue weighted by Crippen LogP contribution is 2.26. The van der Waals surface area contributed by atoms with Crippen molar-refractivity contribution >= 4 is 21.6 Å². The number of methoxy groups -OCH3 is 1. The average molecular weight is 282 g/mol. The van der Waals surface area contributed by atoms with Crippen molar-refractivity contribution in [1.82, 2.24) is 0 Å². The van der Waals surface area contributed by atoms with Gasteiger partial charge in [-0.3, -0.25) is 0 Å². The van der Waals surface area contributed by atoms with Crippen LogP contribution in [0.15, 0.2) is 12.7 Å². The number of rotatable bonds is 1. The SMILES string of the molecule is C=CC(=O)OC.O=P(O)(O)O.O=P(O)(O)O. The van der Waals surface area contributed by atoms with Gasteiger partial charge in [-0.15, -0.1) is 0 Å². The predicted octanol–water partition coefficient (Wildman–Crippen LogP) is -1.51. The van der Waals surface area contributed by atoms with Crippen LogP contribution in [0.2, 0.25) is 0 Å². The topological polar surface area (TPSA) is 182 Å². The Hall–Kier alpha value is -0.570. The van der Waals surface area contributed by atoms with Crippen molar-refractivity contribution < 1.29 is 48.0 Å². The minimum Gasteiger partial charge on any atom is -0.466 e. The lowest BCUT2D eigenvalue weighted by Gasteiger charge is -1.83. The Morgan fingerprint density at radius 2 is 1.25 bits per heavy atom. The third-order valence-electron chi connectivity index (χ3n) is 0.368. The molecule has 0 fully saturated rings. The quantitative estimate of drug-likeness (QED) is 0.188. The van der Waals surface area contributed by atoms with Gasteiger partial charge in [-0.1, -0.05) is 6.58 Å². The number of carbonyl (C=O) groups is 1. The molecule has 0 aliphatic heterocycles. The van der Waals surface area contributed by atoms with E-state index in [4.69, 9.17) is 38.5 Å². The van der Waals surface area contributed by atoms with Crippen molar-refractivity contribution in [2.24, 2.45) is 0 Å². The molecule has 0 atom stereocenters. The molecule has 0 heterocycles. The molecule has 0 aromatic heterocycles. The van der Waals surface area contributed by atoms with Gasteiger partial charge in [0.15, 0.2) is 0 Å². The first-order valence-corrected chi connectivity index (χ1v) is 6.21. The van der Waals surface area contributed by atoms with E-state index in [1.54, 1.807) is 0 Å². The molecule has 0 aromatic carbocycles. The monoisotopic (exact) mass is 282 g/mol. The molecular weight excluding hydrogens is 270 g/mol. The Morgan fingerprint density at radius 3 is 1.25 bits per heavy atom. The zero-order valence-electron chi connectivity index (χ0n) is 8.00. The van der Waals surface area contributed by atoms with E-state index in [2.05, 4.69) is 11.3 Å². The van der Waals surface area contributed by atoms with E-state index < -0.39 is 21.6 Å². The highest BCUT2D eigenvalue weighted by Gasteiger charge is 2.00. The molecule has 0 amide bonds. The minimum absolute atomic E-state index is 0.394. The molecule has 0 spiro atoms. The Bertz CT molecular complexity index is 249. The number of hydrogen-bond donors (Lipinski definition) is 6. The van der Waals surface area contributed by atoms with Gasteiger partial charge in [-0.25, -0.2) is 13.9 Å². The number of phosphoric acid groups is 2. The lowest BCUT2D eigenvalue weighted by Crippen LogP contribution is -1.91. The summed E-state index contributed by atoms with van der Waals surface area (Å²) < 4.78 is 21.9. The zero-order valence-corrected chi connectivity index (χ0v) is 9.78. The van der Waals surface area contributed by atoms with Gasteiger partial charge in [0.2, 0.25) is 0 Å². The van der Waals surface area contributed by atoms with Gasteiger partial charge in [-0.05, 0) is 0 Å². The van der Waals surface area contributed by atoms with Gasteiger partial charge >= 0.3 is 21.6 Å². The van der Waals surface area contributed by atoms with Gasteiger partial charge in [0.05, 0.1) is 7.11 Å². The van der Waals surface area contributed by atoms with Gasteiger partial charge in [0.25, 0.3) is 0 Å². The van der Waals surface area contributed by atoms with Crippen LogP contribution in [-0.2, 0) is 18.7 Å². The van der Waals surface area contributed by atoms with E-state index in [-0.39, 0.29) is 0 Å². The number of hydrogen-bond acceptors (Lipinski definition) is 4. The molecule has 0 aliphatic carbocycles. The van der Waals surface area contributed by atoms with E-state index in [0.717, 1.165) is 6.08 Å². The Balaban J connectivity index is -0.000000160. The fourth-order valence-corrected chi connectivity index (χ4v) is 0.0833. The molecule has 6 N–H and O–H groups in total. The second kappa shape index (κ2) is 9.64. The molecule has 10 nitrogen and oxygen atoms in total. The standard InChI is InChI=1S/C4H6O2.2H3O4P/c1-3-4(5)6-2;2*1-5(2,3)4/h3H,1H2,2H3;2*(H3,1,2,3,4). The lowest BCUT2D eigenvalue weighted by molar-refractivity contribution is -0.134. The maximum atomic E-state index is 9.84. The highest BCUT2D eigenvalue weighted by atomic mass is 31.2. The summed E-state index contributed by atoms with van der Waals surface area (Å²) >= 11 is 0. The third kappa shape index (κ3) is 176. The Labute approximate surface area is 90.3 Å². The van der Waals surface area contributed by atoms with Gasteiger partial charge in [-0.2, -0.15) is 0 Å². The largest absolute Gasteiger partial charge is 0.466 e. The smallest absolute Gasteiger partial charge is 0.466 e. The molecule has 12 heteroatoms. The second-order valence-corrected chi connectivity index (χ2v) is 3.81. The first-order valence-electron chi connectivity index (χ1n) is 3.08. The van der Waals surface area contributed by atoms with Crippen molar-refractivity contribution in [3.8, 4) is 0 Å². The van der Waals surface area contributed by atoms with Crippen LogP contribution in [-0.4, -0.2) is 42.4 Å². The Kier molecular flexibility index (Phi) is 12.5. The van der Waals surface area contributed by atoms with Crippen molar-refractivity contribution in [1.29, 1.82) is 0 Å². The number of esters is 1. The molecule has 0 radical (unpaired) electrons. The summed E-state index contributed by atoms with van der Waals surface area (Å²) in [5, 5.41) is 0. The highest BCUT2D eigenvalue weighted by molar-refractivity contribution is 7.45. The van der Waals surface area contributed by atoms with Crippen molar-refractivity contribution in [3.05, 3.63) is 12.7 Å². The van der Waals surface area contributed by atoms with E-state index in [1.807, 2.05) is 0 Å². The number of ether oxygens (including phenoxy) is 1. The van der Waals surface area contributed by atoms with Gasteiger partial charge in [0, 0.05) is 6.08 Å². The maximum absolute atomic E-state index is 9.84. The van der Waals surface area contributed by atoms with Crippen LogP contribution in [0, 0.1) is 0 Å². The van der Waals surface area contributed by atoms with Crippen LogP contribution in [0.5, 0.6) is 0 Å². The molecule has 0 saturated carbocycles. The van der Waals surface area contributed by atoms with E-state index in [0.29, 0.717) is 0 Å². The summed E-state index contributed by atoms with van der Waals surface area (Å²) in [6.45, 7) is 3.16. The third-order valence-corrected chi connectivity index (χ3v) is 0.368. The van der Waals surface area contributed by atoms with Crippen molar-refractivity contribution in [3.63, 3.8) is 0 Å². The van der Waals surface area contributed by atoms with Crippen LogP contribution in [0.3, 0.4) is 0 Å². The fraction of sp³-hybridized carbons (Fsp3) is 0.250. The van der Waals surface area contributed by atoms with Crippen LogP contribution in [0.25, 0.3) is 0 Å². The maximum Gasteiger partial charge on any atom is 0.466 e. The molecule has 0 bridgehead atoms. The summed E-state index contributed by atoms with van der Waals surface area (Å²) in [4.78, 5) is 53.0. The van der Waals surface area contributed by atoms with Crippen LogP contribution < -0.4 is 0 Å². The molecule has 0 saturated heterocycles. The molecule has 0 rings (SSSR count). The second-order valence-electron chi connectivity index (χ2n) is 1.75. The predicted molar refractivity (Wildman–Crippen MR) is 50.7 cm³/mol. The molecule has 0 unspecified atom stereocenters. The van der Waals surface area contributed by atoms with Crippen molar-refractivity contribution in [2.45, 2.75) is 0 Å². The summed E-state index contributed by atoms with van der Waals surface area (Å²) in [6.07, 6.45) is 1.11. The average Bonchev–Trinajstić information content (AvgIpc) is 1.96. The molecular formula is C4H12O10P2. The summed E-state index contributed by atoms with van der Waals surface area (Å²) in [5.74, 6) is -0.394. The molecule has 16 heavy (non-hydrogen) atoms. The van der Waals surface area contributed by atoms with Crippen LogP contribution in [0.4, 0.5) is 0 Å². The summed E-state index contributed by atoms with van der Waals surface area (Å²) in [6, 6.07) is 0. The molecule has 0 aromatic rings. The van der Waals surface area contributed by atoms with E-state index >= 15 is 0 Å². The van der Waals surface area contributed by atoms with Gasteiger partial charge < -0.3 is 34.1 Å². The van der Waals surface area contributed by atoms with Crippen LogP contribution in [0.1, 0.15) is 0 Å². The van der Waals surface area contributed by atoms with Gasteiger partial charge in [0.1, 0.15) is 0 Å². The zero-order chi connectivity index (χ0) is 14.0. The summed E-state index contributed by atoms with van der Waals surface area (Å²) in [7, 11) is -7.97. The first-order chi connectivity index (χ1) is 6.81. The molecule has 0 aliphatic rings. The van der Waals surface area contributed by atoms with Crippen LogP contribution >= 0.6 is 15.6 Å². The van der Waals surface area contributed by atoms with E-state index in [9.17, 15) is 4.79 Å². The fourth-order valence-electron chi connectivity index (χ4n) is 0.0833. The van der Waals surface area contributed by atoms with Crippen molar-refractivity contribution in [2.75, 3.05) is 7.11 Å². The van der Waals surface area contributed by atoms with E-state index in [1.165, 1.54) is 7.11 Å². The number of carbonyl (C=O) groups excluding carboxylic acids is 1. The summed E-state index contributed by atoms with van der Waals surface area (Å²) in [5.41, 5.74) is 0. The minimum atomic E-state index is -4.64. The molecule has 98 valence electrons. The first kappa shape index (κ1) is 20.8. The Morgan fingerprint density at radius 1 is 1.06 bits per heavy atom. The normalized spacial score (nSPS) is 9.94. The lowest BCUT2D eigenvalue weighted by atomic mass is 10.7.